The van der Waals surface area contributed by atoms with E-state index in [2.05, 4.69) is 5.32 Å². The van der Waals surface area contributed by atoms with E-state index in [-0.39, 0.29) is 41.0 Å². The number of hydrogen-bond acceptors (Lipinski definition) is 5. The van der Waals surface area contributed by atoms with Gasteiger partial charge in [-0.1, -0.05) is 11.6 Å². The molecule has 1 amide bonds. The predicted molar refractivity (Wildman–Crippen MR) is 94.5 cm³/mol. The number of nitrogens with zero attached hydrogens (tertiary/aromatic N) is 1. The molecule has 1 unspecified atom stereocenters. The van der Waals surface area contributed by atoms with Crippen molar-refractivity contribution in [3.8, 4) is 11.8 Å². The molecule has 0 spiro atoms. The summed E-state index contributed by atoms with van der Waals surface area (Å²) in [5.74, 6) is -1.11. The number of rotatable bonds is 6. The van der Waals surface area contributed by atoms with E-state index >= 15 is 0 Å². The summed E-state index contributed by atoms with van der Waals surface area (Å²) in [4.78, 5) is 11.7. The van der Waals surface area contributed by atoms with Gasteiger partial charge in [-0.15, -0.1) is 0 Å². The van der Waals surface area contributed by atoms with Crippen LogP contribution in [0.25, 0.3) is 0 Å². The van der Waals surface area contributed by atoms with Gasteiger partial charge in [0.25, 0.3) is 0 Å². The molecule has 1 aliphatic carbocycles. The fraction of sp³-hybridized carbons (Fsp3) is 0.529. The summed E-state index contributed by atoms with van der Waals surface area (Å²) in [5, 5.41) is 9.81. The standard InChI is InChI=1S/C17H18ClF3N2O4S/c1-10(17(19,20)21)27-12-3-5-15(14(18)9-12)28(25,26)13-4-2-11(8-13)16(24)23-7-6-22/h3,5,9-11,13H,2,4,7-8H2,1H3,(H,23,24)/t10?,11-,13-/m0/s1. The highest BCUT2D eigenvalue weighted by Gasteiger charge is 2.40. The second-order valence-corrected chi connectivity index (χ2v) is 9.05. The first-order chi connectivity index (χ1) is 13.0. The van der Waals surface area contributed by atoms with Crippen LogP contribution in [0.15, 0.2) is 23.1 Å². The lowest BCUT2D eigenvalue weighted by atomic mass is 10.1. The Labute approximate surface area is 165 Å². The SMILES string of the molecule is CC(Oc1ccc(S(=O)(=O)[C@H]2CC[C@H](C(=O)NCC#N)C2)c(Cl)c1)C(F)(F)F. The maximum absolute atomic E-state index is 12.8. The van der Waals surface area contributed by atoms with Crippen LogP contribution in [0.2, 0.25) is 5.02 Å². The largest absolute Gasteiger partial charge is 0.481 e. The first-order valence-electron chi connectivity index (χ1n) is 8.38. The van der Waals surface area contributed by atoms with Crippen LogP contribution in [-0.4, -0.2) is 38.4 Å². The van der Waals surface area contributed by atoms with Gasteiger partial charge < -0.3 is 10.1 Å². The maximum atomic E-state index is 12.8. The van der Waals surface area contributed by atoms with Gasteiger partial charge in [-0.05, 0) is 38.3 Å². The number of hydrogen-bond donors (Lipinski definition) is 1. The number of carbonyl (C=O) groups excluding carboxylic acids is 1. The molecule has 0 aromatic heterocycles. The van der Waals surface area contributed by atoms with E-state index < -0.39 is 33.3 Å². The third kappa shape index (κ3) is 5.08. The average Bonchev–Trinajstić information content (AvgIpc) is 3.09. The Kier molecular flexibility index (Phi) is 6.83. The molecule has 28 heavy (non-hydrogen) atoms. The minimum atomic E-state index is -4.57. The molecule has 1 aromatic carbocycles. The molecule has 154 valence electrons. The molecule has 1 fully saturated rings. The molecule has 11 heteroatoms. The average molecular weight is 439 g/mol. The van der Waals surface area contributed by atoms with Gasteiger partial charge in [0.1, 0.15) is 12.3 Å². The van der Waals surface area contributed by atoms with E-state index in [4.69, 9.17) is 21.6 Å². The summed E-state index contributed by atoms with van der Waals surface area (Å²) in [5.41, 5.74) is 0. The molecular weight excluding hydrogens is 421 g/mol. The van der Waals surface area contributed by atoms with Crippen molar-refractivity contribution < 1.29 is 31.1 Å². The summed E-state index contributed by atoms with van der Waals surface area (Å²) in [6, 6.07) is 5.03. The van der Waals surface area contributed by atoms with Gasteiger partial charge >= 0.3 is 6.18 Å². The Hall–Kier alpha value is -1.99. The molecule has 3 atom stereocenters. The van der Waals surface area contributed by atoms with E-state index in [1.807, 2.05) is 0 Å². The van der Waals surface area contributed by atoms with Crippen molar-refractivity contribution in [3.63, 3.8) is 0 Å². The molecule has 1 saturated carbocycles. The molecule has 2 rings (SSSR count). The zero-order valence-electron chi connectivity index (χ0n) is 14.8. The predicted octanol–water partition coefficient (Wildman–Crippen LogP) is 3.25. The quantitative estimate of drug-likeness (QED) is 0.688. The molecule has 0 saturated heterocycles. The minimum absolute atomic E-state index is 0.0826. The fourth-order valence-electron chi connectivity index (χ4n) is 2.97. The van der Waals surface area contributed by atoms with Crippen LogP contribution in [0.4, 0.5) is 13.2 Å². The Morgan fingerprint density at radius 3 is 2.68 bits per heavy atom. The van der Waals surface area contributed by atoms with Crippen molar-refractivity contribution in [1.82, 2.24) is 5.32 Å². The number of ether oxygens (including phenoxy) is 1. The van der Waals surface area contributed by atoms with Crippen LogP contribution in [0.5, 0.6) is 5.75 Å². The molecule has 0 radical (unpaired) electrons. The second-order valence-electron chi connectivity index (χ2n) is 6.45. The summed E-state index contributed by atoms with van der Waals surface area (Å²) < 4.78 is 68.2. The number of nitrogens with one attached hydrogen (secondary N) is 1. The summed E-state index contributed by atoms with van der Waals surface area (Å²) in [6.07, 6.45) is -5.97. The van der Waals surface area contributed by atoms with Crippen LogP contribution in [0.1, 0.15) is 26.2 Å². The summed E-state index contributed by atoms with van der Waals surface area (Å²) >= 11 is 6.00. The number of halogens is 4. The van der Waals surface area contributed by atoms with Crippen LogP contribution < -0.4 is 10.1 Å². The molecular formula is C17H18ClF3N2O4S. The normalized spacial score (nSPS) is 21.0. The molecule has 0 aliphatic heterocycles. The van der Waals surface area contributed by atoms with E-state index in [1.54, 1.807) is 6.07 Å². The highest BCUT2D eigenvalue weighted by Crippen LogP contribution is 2.37. The summed E-state index contributed by atoms with van der Waals surface area (Å²) in [6.45, 7) is 0.672. The maximum Gasteiger partial charge on any atom is 0.425 e. The van der Waals surface area contributed by atoms with E-state index in [0.717, 1.165) is 25.1 Å². The Balaban J connectivity index is 2.14. The van der Waals surface area contributed by atoms with Gasteiger partial charge in [0.05, 0.1) is 21.2 Å². The van der Waals surface area contributed by atoms with Crippen LogP contribution >= 0.6 is 11.6 Å². The van der Waals surface area contributed by atoms with Gasteiger partial charge in [0, 0.05) is 12.0 Å². The minimum Gasteiger partial charge on any atom is -0.481 e. The smallest absolute Gasteiger partial charge is 0.425 e. The second kappa shape index (κ2) is 8.57. The van der Waals surface area contributed by atoms with Crippen molar-refractivity contribution in [1.29, 1.82) is 5.26 Å². The lowest BCUT2D eigenvalue weighted by Crippen LogP contribution is -2.31. The Morgan fingerprint density at radius 1 is 1.43 bits per heavy atom. The molecule has 6 nitrogen and oxygen atoms in total. The van der Waals surface area contributed by atoms with Gasteiger partial charge in [-0.3, -0.25) is 4.79 Å². The third-order valence-corrected chi connectivity index (χ3v) is 7.22. The van der Waals surface area contributed by atoms with E-state index in [1.165, 1.54) is 0 Å². The number of carbonyl (C=O) groups is 1. The third-order valence-electron chi connectivity index (χ3n) is 4.52. The molecule has 1 aliphatic rings. The zero-order chi connectivity index (χ0) is 21.1. The number of nitriles is 1. The van der Waals surface area contributed by atoms with Crippen LogP contribution in [0.3, 0.4) is 0 Å². The summed E-state index contributed by atoms with van der Waals surface area (Å²) in [7, 11) is -3.88. The van der Waals surface area contributed by atoms with Crippen LogP contribution in [-0.2, 0) is 14.6 Å². The topological polar surface area (TPSA) is 96.3 Å². The first-order valence-corrected chi connectivity index (χ1v) is 10.3. The van der Waals surface area contributed by atoms with Gasteiger partial charge in [0.2, 0.25) is 5.91 Å². The van der Waals surface area contributed by atoms with Gasteiger partial charge in [-0.25, -0.2) is 8.42 Å². The van der Waals surface area contributed by atoms with Crippen molar-refractivity contribution >= 4 is 27.3 Å². The monoisotopic (exact) mass is 438 g/mol. The number of sulfone groups is 1. The first kappa shape index (κ1) is 22.3. The number of benzene rings is 1. The highest BCUT2D eigenvalue weighted by molar-refractivity contribution is 7.92. The van der Waals surface area contributed by atoms with Crippen molar-refractivity contribution in [2.75, 3.05) is 6.54 Å². The van der Waals surface area contributed by atoms with Gasteiger partial charge in [0.15, 0.2) is 15.9 Å². The Bertz CT molecular complexity index is 883. The molecule has 0 bridgehead atoms. The lowest BCUT2D eigenvalue weighted by Gasteiger charge is -2.19. The van der Waals surface area contributed by atoms with Crippen LogP contribution in [0, 0.1) is 17.2 Å². The molecule has 0 heterocycles. The number of alkyl halides is 3. The van der Waals surface area contributed by atoms with Gasteiger partial charge in [-0.2, -0.15) is 18.4 Å². The van der Waals surface area contributed by atoms with Crippen molar-refractivity contribution in [2.45, 2.75) is 48.6 Å². The number of amides is 1. The Morgan fingerprint density at radius 2 is 2.11 bits per heavy atom. The lowest BCUT2D eigenvalue weighted by molar-refractivity contribution is -0.189. The van der Waals surface area contributed by atoms with Crippen molar-refractivity contribution in [2.24, 2.45) is 5.92 Å². The zero-order valence-corrected chi connectivity index (χ0v) is 16.4. The fourth-order valence-corrected chi connectivity index (χ4v) is 5.34. The van der Waals surface area contributed by atoms with E-state index in [9.17, 15) is 26.4 Å². The van der Waals surface area contributed by atoms with E-state index in [0.29, 0.717) is 6.42 Å². The highest BCUT2D eigenvalue weighted by atomic mass is 35.5. The van der Waals surface area contributed by atoms with Crippen molar-refractivity contribution in [3.05, 3.63) is 23.2 Å². The molecule has 1 aromatic rings. The molecule has 1 N–H and O–H groups in total.